The summed E-state index contributed by atoms with van der Waals surface area (Å²) in [4.78, 5) is 11.1. The zero-order chi connectivity index (χ0) is 12.9. The van der Waals surface area contributed by atoms with Crippen molar-refractivity contribution in [1.29, 1.82) is 0 Å². The molecule has 0 saturated carbocycles. The molecule has 1 aromatic carbocycles. The van der Waals surface area contributed by atoms with Crippen LogP contribution in [0.3, 0.4) is 0 Å². The van der Waals surface area contributed by atoms with Gasteiger partial charge in [-0.2, -0.15) is 0 Å². The molecule has 1 rings (SSSR count). The van der Waals surface area contributed by atoms with Crippen LogP contribution in [0.2, 0.25) is 0 Å². The third-order valence-electron chi connectivity index (χ3n) is 2.11. The number of methoxy groups -OCH3 is 1. The number of hydrogen-bond donors (Lipinski definition) is 1. The lowest BCUT2D eigenvalue weighted by Gasteiger charge is -2.11. The monoisotopic (exact) mass is 257 g/mol. The lowest BCUT2D eigenvalue weighted by molar-refractivity contribution is -0.142. The number of hydrogen-bond acceptors (Lipinski definition) is 4. The fourth-order valence-corrected chi connectivity index (χ4v) is 2.68. The molecule has 0 amide bonds. The molecule has 1 aromatic rings. The van der Waals surface area contributed by atoms with E-state index in [9.17, 15) is 13.2 Å². The van der Waals surface area contributed by atoms with Crippen molar-refractivity contribution in [2.75, 3.05) is 7.11 Å². The molecule has 1 atom stereocenters. The van der Waals surface area contributed by atoms with E-state index >= 15 is 0 Å². The average Bonchev–Trinajstić information content (AvgIpc) is 2.27. The second kappa shape index (κ2) is 5.79. The van der Waals surface area contributed by atoms with Crippen molar-refractivity contribution in [2.45, 2.75) is 18.7 Å². The molecule has 0 radical (unpaired) electrons. The van der Waals surface area contributed by atoms with E-state index in [1.54, 1.807) is 30.3 Å². The van der Waals surface area contributed by atoms with Crippen LogP contribution in [0.5, 0.6) is 0 Å². The molecule has 1 N–H and O–H groups in total. The van der Waals surface area contributed by atoms with E-state index in [2.05, 4.69) is 9.46 Å². The SMILES string of the molecule is COC(=O)C(C)NS(=O)(=O)Cc1ccccc1. The lowest BCUT2D eigenvalue weighted by Crippen LogP contribution is -2.39. The Morgan fingerprint density at radius 3 is 2.47 bits per heavy atom. The standard InChI is InChI=1S/C11H15NO4S/c1-9(11(13)16-2)12-17(14,15)8-10-6-4-3-5-7-10/h3-7,9,12H,8H2,1-2H3. The molecule has 94 valence electrons. The van der Waals surface area contributed by atoms with Gasteiger partial charge in [-0.3, -0.25) is 4.79 Å². The first-order chi connectivity index (χ1) is 7.94. The second-order valence-corrected chi connectivity index (χ2v) is 5.36. The molecule has 0 aromatic heterocycles. The molecule has 0 heterocycles. The van der Waals surface area contributed by atoms with Gasteiger partial charge in [0.05, 0.1) is 12.9 Å². The molecule has 0 bridgehead atoms. The van der Waals surface area contributed by atoms with Gasteiger partial charge in [-0.05, 0) is 12.5 Å². The van der Waals surface area contributed by atoms with Gasteiger partial charge in [0.15, 0.2) is 0 Å². The van der Waals surface area contributed by atoms with Gasteiger partial charge in [-0.25, -0.2) is 13.1 Å². The highest BCUT2D eigenvalue weighted by Crippen LogP contribution is 2.04. The fourth-order valence-electron chi connectivity index (χ4n) is 1.33. The van der Waals surface area contributed by atoms with E-state index in [0.717, 1.165) is 0 Å². The van der Waals surface area contributed by atoms with Crippen LogP contribution in [-0.4, -0.2) is 27.5 Å². The summed E-state index contributed by atoms with van der Waals surface area (Å²) in [6, 6.07) is 7.86. The zero-order valence-electron chi connectivity index (χ0n) is 9.71. The first kappa shape index (κ1) is 13.7. The molecule has 5 nitrogen and oxygen atoms in total. The van der Waals surface area contributed by atoms with Crippen molar-refractivity contribution in [2.24, 2.45) is 0 Å². The highest BCUT2D eigenvalue weighted by atomic mass is 32.2. The molecular formula is C11H15NO4S. The van der Waals surface area contributed by atoms with Crippen LogP contribution in [0, 0.1) is 0 Å². The Bertz CT molecular complexity index is 470. The maximum Gasteiger partial charge on any atom is 0.323 e. The minimum Gasteiger partial charge on any atom is -0.468 e. The molecule has 0 aliphatic heterocycles. The van der Waals surface area contributed by atoms with Crippen LogP contribution < -0.4 is 4.72 Å². The van der Waals surface area contributed by atoms with Gasteiger partial charge >= 0.3 is 5.97 Å². The van der Waals surface area contributed by atoms with Crippen molar-refractivity contribution in [1.82, 2.24) is 4.72 Å². The smallest absolute Gasteiger partial charge is 0.323 e. The van der Waals surface area contributed by atoms with E-state index in [-0.39, 0.29) is 5.75 Å². The number of nitrogens with one attached hydrogen (secondary N) is 1. The molecule has 0 aliphatic rings. The Morgan fingerprint density at radius 2 is 1.94 bits per heavy atom. The number of carbonyl (C=O) groups excluding carboxylic acids is 1. The van der Waals surface area contributed by atoms with Crippen LogP contribution in [0.15, 0.2) is 30.3 Å². The van der Waals surface area contributed by atoms with Crippen LogP contribution in [0.1, 0.15) is 12.5 Å². The maximum absolute atomic E-state index is 11.7. The number of ether oxygens (including phenoxy) is 1. The summed E-state index contributed by atoms with van der Waals surface area (Å²) in [5.41, 5.74) is 0.664. The predicted octanol–water partition coefficient (Wildman–Crippen LogP) is 0.667. The number of carbonyl (C=O) groups is 1. The Kier molecular flexibility index (Phi) is 4.65. The topological polar surface area (TPSA) is 72.5 Å². The molecule has 17 heavy (non-hydrogen) atoms. The number of rotatable bonds is 5. The van der Waals surface area contributed by atoms with Crippen molar-refractivity contribution in [3.8, 4) is 0 Å². The summed E-state index contributed by atoms with van der Waals surface area (Å²) < 4.78 is 30.1. The molecule has 6 heteroatoms. The highest BCUT2D eigenvalue weighted by Gasteiger charge is 2.20. The lowest BCUT2D eigenvalue weighted by atomic mass is 10.2. The van der Waals surface area contributed by atoms with Gasteiger partial charge in [-0.1, -0.05) is 30.3 Å². The zero-order valence-corrected chi connectivity index (χ0v) is 10.5. The van der Waals surface area contributed by atoms with Crippen molar-refractivity contribution >= 4 is 16.0 Å². The molecule has 0 spiro atoms. The molecule has 1 unspecified atom stereocenters. The number of esters is 1. The largest absolute Gasteiger partial charge is 0.468 e. The quantitative estimate of drug-likeness (QED) is 0.787. The van der Waals surface area contributed by atoms with Crippen LogP contribution in [0.4, 0.5) is 0 Å². The summed E-state index contributed by atoms with van der Waals surface area (Å²) in [5.74, 6) is -0.767. The second-order valence-electron chi connectivity index (χ2n) is 3.61. The normalized spacial score (nSPS) is 13.1. The summed E-state index contributed by atoms with van der Waals surface area (Å²) in [7, 11) is -2.33. The Labute approximate surface area is 101 Å². The molecule has 0 saturated heterocycles. The summed E-state index contributed by atoms with van der Waals surface area (Å²) in [6.07, 6.45) is 0. The number of sulfonamides is 1. The van der Waals surface area contributed by atoms with Crippen LogP contribution >= 0.6 is 0 Å². The molecule has 0 aliphatic carbocycles. The van der Waals surface area contributed by atoms with E-state index in [1.165, 1.54) is 14.0 Å². The van der Waals surface area contributed by atoms with E-state index in [4.69, 9.17) is 0 Å². The van der Waals surface area contributed by atoms with Gasteiger partial charge < -0.3 is 4.74 Å². The van der Waals surface area contributed by atoms with Gasteiger partial charge in [-0.15, -0.1) is 0 Å². The third kappa shape index (κ3) is 4.54. The average molecular weight is 257 g/mol. The van der Waals surface area contributed by atoms with Crippen molar-refractivity contribution in [3.63, 3.8) is 0 Å². The molecule has 0 fully saturated rings. The highest BCUT2D eigenvalue weighted by molar-refractivity contribution is 7.88. The van der Waals surface area contributed by atoms with E-state index in [1.807, 2.05) is 0 Å². The van der Waals surface area contributed by atoms with Crippen molar-refractivity contribution in [3.05, 3.63) is 35.9 Å². The molecular weight excluding hydrogens is 242 g/mol. The summed E-state index contributed by atoms with van der Waals surface area (Å²) >= 11 is 0. The van der Waals surface area contributed by atoms with Crippen LogP contribution in [-0.2, 0) is 25.3 Å². The van der Waals surface area contributed by atoms with Crippen molar-refractivity contribution < 1.29 is 17.9 Å². The maximum atomic E-state index is 11.7. The van der Waals surface area contributed by atoms with E-state index < -0.39 is 22.0 Å². The number of benzene rings is 1. The van der Waals surface area contributed by atoms with Gasteiger partial charge in [0.1, 0.15) is 6.04 Å². The van der Waals surface area contributed by atoms with Gasteiger partial charge in [0.25, 0.3) is 0 Å². The van der Waals surface area contributed by atoms with Gasteiger partial charge in [0.2, 0.25) is 10.0 Å². The predicted molar refractivity (Wildman–Crippen MR) is 63.7 cm³/mol. The summed E-state index contributed by atoms with van der Waals surface area (Å²) in [6.45, 7) is 1.44. The van der Waals surface area contributed by atoms with Gasteiger partial charge in [0, 0.05) is 0 Å². The first-order valence-corrected chi connectivity index (χ1v) is 6.71. The Morgan fingerprint density at radius 1 is 1.35 bits per heavy atom. The Balaban J connectivity index is 2.67. The first-order valence-electron chi connectivity index (χ1n) is 5.06. The minimum absolute atomic E-state index is 0.158. The van der Waals surface area contributed by atoms with E-state index in [0.29, 0.717) is 5.56 Å². The fraction of sp³-hybridized carbons (Fsp3) is 0.364. The minimum atomic E-state index is -3.54. The summed E-state index contributed by atoms with van der Waals surface area (Å²) in [5, 5.41) is 0. The van der Waals surface area contributed by atoms with Crippen LogP contribution in [0.25, 0.3) is 0 Å². The Hall–Kier alpha value is -1.40. The third-order valence-corrected chi connectivity index (χ3v) is 3.54.